The van der Waals surface area contributed by atoms with E-state index in [1.54, 1.807) is 6.07 Å². The first kappa shape index (κ1) is 18.3. The standard InChI is InChI=1S/C21H20N4O2S/c1-13-15(11-22)14-5-2-3-6-16(14)25(13)12-20(26)24-10-4-7-17(24)18-8-9-19(28-18)21(23)27/h2-3,5-6,8-9,17H,4,7,10,12H2,1H3,(H2,23,27)/t17-/m0/s1. The number of hydrogen-bond acceptors (Lipinski definition) is 4. The van der Waals surface area contributed by atoms with Crippen molar-refractivity contribution in [2.45, 2.75) is 32.4 Å². The lowest BCUT2D eigenvalue weighted by atomic mass is 10.1. The number of benzene rings is 1. The second-order valence-corrected chi connectivity index (χ2v) is 8.10. The summed E-state index contributed by atoms with van der Waals surface area (Å²) in [4.78, 5) is 28.0. The minimum absolute atomic E-state index is 0.0184. The number of carbonyl (C=O) groups is 2. The van der Waals surface area contributed by atoms with Gasteiger partial charge in [0.2, 0.25) is 5.91 Å². The van der Waals surface area contributed by atoms with Gasteiger partial charge in [-0.25, -0.2) is 0 Å². The van der Waals surface area contributed by atoms with Gasteiger partial charge in [0.25, 0.3) is 5.91 Å². The molecule has 1 aromatic carbocycles. The van der Waals surface area contributed by atoms with Gasteiger partial charge in [-0.1, -0.05) is 18.2 Å². The van der Waals surface area contributed by atoms with Gasteiger partial charge in [-0.05, 0) is 38.0 Å². The lowest BCUT2D eigenvalue weighted by Gasteiger charge is -2.24. The highest BCUT2D eigenvalue weighted by molar-refractivity contribution is 7.14. The zero-order valence-electron chi connectivity index (χ0n) is 15.5. The number of thiophene rings is 1. The number of fused-ring (bicyclic) bond motifs is 1. The zero-order chi connectivity index (χ0) is 19.8. The van der Waals surface area contributed by atoms with Gasteiger partial charge in [0.05, 0.1) is 22.0 Å². The van der Waals surface area contributed by atoms with Crippen LogP contribution in [0.5, 0.6) is 0 Å². The number of nitrogens with two attached hydrogens (primary N) is 1. The smallest absolute Gasteiger partial charge is 0.258 e. The van der Waals surface area contributed by atoms with Crippen LogP contribution in [-0.4, -0.2) is 27.8 Å². The molecule has 1 aliphatic rings. The van der Waals surface area contributed by atoms with E-state index in [4.69, 9.17) is 5.73 Å². The Labute approximate surface area is 166 Å². The summed E-state index contributed by atoms with van der Waals surface area (Å²) in [6.07, 6.45) is 1.80. The largest absolute Gasteiger partial charge is 0.365 e. The summed E-state index contributed by atoms with van der Waals surface area (Å²) in [5, 5.41) is 10.4. The second kappa shape index (κ2) is 7.13. The van der Waals surface area contributed by atoms with Crippen LogP contribution >= 0.6 is 11.3 Å². The van der Waals surface area contributed by atoms with E-state index in [2.05, 4.69) is 6.07 Å². The van der Waals surface area contributed by atoms with Gasteiger partial charge < -0.3 is 15.2 Å². The Morgan fingerprint density at radius 2 is 2.07 bits per heavy atom. The summed E-state index contributed by atoms with van der Waals surface area (Å²) < 4.78 is 1.93. The van der Waals surface area contributed by atoms with Gasteiger partial charge >= 0.3 is 0 Å². The minimum Gasteiger partial charge on any atom is -0.365 e. The number of carbonyl (C=O) groups excluding carboxylic acids is 2. The van der Waals surface area contributed by atoms with Crippen LogP contribution in [0.3, 0.4) is 0 Å². The van der Waals surface area contributed by atoms with Gasteiger partial charge in [-0.3, -0.25) is 9.59 Å². The number of hydrogen-bond donors (Lipinski definition) is 1. The third-order valence-electron chi connectivity index (χ3n) is 5.41. The number of para-hydroxylation sites is 1. The van der Waals surface area contributed by atoms with Gasteiger partial charge in [0.1, 0.15) is 12.6 Å². The molecule has 0 radical (unpaired) electrons. The highest BCUT2D eigenvalue weighted by atomic mass is 32.1. The van der Waals surface area contributed by atoms with E-state index in [9.17, 15) is 14.9 Å². The molecule has 3 heterocycles. The van der Waals surface area contributed by atoms with E-state index in [1.807, 2.05) is 46.7 Å². The number of rotatable bonds is 4. The number of likely N-dealkylation sites (tertiary alicyclic amines) is 1. The SMILES string of the molecule is Cc1c(C#N)c2ccccc2n1CC(=O)N1CCC[C@H]1c1ccc(C(N)=O)s1. The molecule has 2 amide bonds. The minimum atomic E-state index is -0.439. The molecular weight excluding hydrogens is 372 g/mol. The van der Waals surface area contributed by atoms with Crippen molar-refractivity contribution >= 4 is 34.1 Å². The molecule has 2 N–H and O–H groups in total. The molecule has 1 fully saturated rings. The summed E-state index contributed by atoms with van der Waals surface area (Å²) in [5.74, 6) is -0.421. The maximum absolute atomic E-state index is 13.2. The molecule has 0 aliphatic carbocycles. The summed E-state index contributed by atoms with van der Waals surface area (Å²) in [5.41, 5.74) is 7.69. The Balaban J connectivity index is 1.63. The van der Waals surface area contributed by atoms with Crippen LogP contribution in [0.4, 0.5) is 0 Å². The molecule has 28 heavy (non-hydrogen) atoms. The van der Waals surface area contributed by atoms with Crippen molar-refractivity contribution in [3.63, 3.8) is 0 Å². The molecule has 1 aliphatic heterocycles. The maximum Gasteiger partial charge on any atom is 0.258 e. The molecule has 3 aromatic rings. The maximum atomic E-state index is 13.2. The summed E-state index contributed by atoms with van der Waals surface area (Å²) >= 11 is 1.36. The number of nitrogens with zero attached hydrogens (tertiary/aromatic N) is 3. The van der Waals surface area contributed by atoms with E-state index < -0.39 is 5.91 Å². The van der Waals surface area contributed by atoms with E-state index in [0.29, 0.717) is 17.0 Å². The van der Waals surface area contributed by atoms with Crippen LogP contribution in [0.1, 0.15) is 44.7 Å². The van der Waals surface area contributed by atoms with Crippen molar-refractivity contribution in [1.82, 2.24) is 9.47 Å². The molecule has 0 bridgehead atoms. The quantitative estimate of drug-likeness (QED) is 0.738. The molecule has 4 rings (SSSR count). The first-order valence-electron chi connectivity index (χ1n) is 9.18. The molecule has 1 saturated heterocycles. The fourth-order valence-corrected chi connectivity index (χ4v) is 5.04. The number of primary amides is 1. The highest BCUT2D eigenvalue weighted by Crippen LogP contribution is 2.36. The Bertz CT molecular complexity index is 1120. The van der Waals surface area contributed by atoms with Crippen LogP contribution in [-0.2, 0) is 11.3 Å². The van der Waals surface area contributed by atoms with E-state index in [1.165, 1.54) is 11.3 Å². The van der Waals surface area contributed by atoms with Crippen LogP contribution in [0.25, 0.3) is 10.9 Å². The fourth-order valence-electron chi connectivity index (χ4n) is 4.03. The fraction of sp³-hybridized carbons (Fsp3) is 0.286. The molecule has 0 saturated carbocycles. The topological polar surface area (TPSA) is 92.1 Å². The van der Waals surface area contributed by atoms with Gasteiger partial charge in [0, 0.05) is 22.5 Å². The van der Waals surface area contributed by atoms with Crippen LogP contribution in [0.15, 0.2) is 36.4 Å². The molecule has 2 aromatic heterocycles. The second-order valence-electron chi connectivity index (χ2n) is 6.99. The van der Waals surface area contributed by atoms with E-state index in [-0.39, 0.29) is 18.5 Å². The van der Waals surface area contributed by atoms with Crippen LogP contribution in [0.2, 0.25) is 0 Å². The number of aromatic nitrogens is 1. The zero-order valence-corrected chi connectivity index (χ0v) is 16.3. The molecule has 7 heteroatoms. The van der Waals surface area contributed by atoms with Gasteiger partial charge in [-0.15, -0.1) is 11.3 Å². The molecule has 1 atom stereocenters. The Kier molecular flexibility index (Phi) is 4.65. The Morgan fingerprint density at radius 3 is 2.79 bits per heavy atom. The first-order chi connectivity index (χ1) is 13.5. The highest BCUT2D eigenvalue weighted by Gasteiger charge is 2.31. The summed E-state index contributed by atoms with van der Waals surface area (Å²) in [7, 11) is 0. The lowest BCUT2D eigenvalue weighted by molar-refractivity contribution is -0.132. The van der Waals surface area contributed by atoms with E-state index in [0.717, 1.165) is 34.3 Å². The molecule has 142 valence electrons. The van der Waals surface area contributed by atoms with Gasteiger partial charge in [-0.2, -0.15) is 5.26 Å². The monoisotopic (exact) mass is 392 g/mol. The average molecular weight is 392 g/mol. The summed E-state index contributed by atoms with van der Waals surface area (Å²) in [6.45, 7) is 2.76. The molecule has 6 nitrogen and oxygen atoms in total. The predicted molar refractivity (Wildman–Crippen MR) is 108 cm³/mol. The van der Waals surface area contributed by atoms with Crippen LogP contribution in [0, 0.1) is 18.3 Å². The van der Waals surface area contributed by atoms with E-state index >= 15 is 0 Å². The third-order valence-corrected chi connectivity index (χ3v) is 6.61. The predicted octanol–water partition coefficient (Wildman–Crippen LogP) is 3.35. The molecule has 0 unspecified atom stereocenters. The first-order valence-corrected chi connectivity index (χ1v) is 10.00. The molecule has 0 spiro atoms. The number of nitriles is 1. The third kappa shape index (κ3) is 2.96. The van der Waals surface area contributed by atoms with Crippen molar-refractivity contribution in [2.75, 3.05) is 6.54 Å². The van der Waals surface area contributed by atoms with Crippen molar-refractivity contribution in [1.29, 1.82) is 5.26 Å². The van der Waals surface area contributed by atoms with Crippen molar-refractivity contribution < 1.29 is 9.59 Å². The lowest BCUT2D eigenvalue weighted by Crippen LogP contribution is -2.33. The van der Waals surface area contributed by atoms with Crippen molar-refractivity contribution in [3.05, 3.63) is 57.4 Å². The Morgan fingerprint density at radius 1 is 1.29 bits per heavy atom. The average Bonchev–Trinajstić information content (AvgIpc) is 3.40. The van der Waals surface area contributed by atoms with Crippen molar-refractivity contribution in [3.8, 4) is 6.07 Å². The normalized spacial score (nSPS) is 16.4. The number of amides is 2. The van der Waals surface area contributed by atoms with Crippen molar-refractivity contribution in [2.24, 2.45) is 5.73 Å². The molecular formula is C21H20N4O2S. The summed E-state index contributed by atoms with van der Waals surface area (Å²) in [6, 6.07) is 13.5. The Hall–Kier alpha value is -3.11. The van der Waals surface area contributed by atoms with Gasteiger partial charge in [0.15, 0.2) is 0 Å². The van der Waals surface area contributed by atoms with Crippen LogP contribution < -0.4 is 5.73 Å².